The van der Waals surface area contributed by atoms with E-state index in [1.165, 1.54) is 39.3 Å². The summed E-state index contributed by atoms with van der Waals surface area (Å²) < 4.78 is 3.48. The number of para-hydroxylation sites is 1. The summed E-state index contributed by atoms with van der Waals surface area (Å²) in [5.74, 6) is 0. The quantitative estimate of drug-likeness (QED) is 0.272. The third kappa shape index (κ3) is 4.09. The monoisotopic (exact) mass is 544 g/mol. The van der Waals surface area contributed by atoms with Crippen molar-refractivity contribution in [1.29, 1.82) is 0 Å². The van der Waals surface area contributed by atoms with Crippen molar-refractivity contribution in [3.05, 3.63) is 111 Å². The van der Waals surface area contributed by atoms with Crippen LogP contribution in [0.2, 0.25) is 0 Å². The molecule has 1 saturated heterocycles. The lowest BCUT2D eigenvalue weighted by Gasteiger charge is -2.28. The molecule has 0 bridgehead atoms. The number of nitrogens with zero attached hydrogens (tertiary/aromatic N) is 3. The van der Waals surface area contributed by atoms with Crippen LogP contribution in [0.1, 0.15) is 51.4 Å². The van der Waals surface area contributed by atoms with Crippen LogP contribution in [0.15, 0.2) is 71.3 Å². The van der Waals surface area contributed by atoms with E-state index in [4.69, 9.17) is 17.2 Å². The SMILES string of the molecule is Cc1cc(N2C(=S)N[C@H](c3ccccn3)[C@@H]2c2cc(C)n(-c3c(C)cccc3C)c2C)ccc1Br. The molecular weight excluding hydrogens is 516 g/mol. The first-order valence-corrected chi connectivity index (χ1v) is 13.0. The molecule has 1 fully saturated rings. The van der Waals surface area contributed by atoms with Gasteiger partial charge in [0.15, 0.2) is 5.11 Å². The van der Waals surface area contributed by atoms with E-state index >= 15 is 0 Å². The van der Waals surface area contributed by atoms with Crippen molar-refractivity contribution in [2.75, 3.05) is 4.90 Å². The Kier molecular flexibility index (Phi) is 6.28. The summed E-state index contributed by atoms with van der Waals surface area (Å²) in [6, 6.07) is 21.2. The van der Waals surface area contributed by atoms with Crippen LogP contribution in [0.4, 0.5) is 5.69 Å². The molecule has 4 nitrogen and oxygen atoms in total. The van der Waals surface area contributed by atoms with Crippen LogP contribution < -0.4 is 10.2 Å². The van der Waals surface area contributed by atoms with E-state index in [0.29, 0.717) is 5.11 Å². The van der Waals surface area contributed by atoms with Gasteiger partial charge in [-0.05, 0) is 105 Å². The van der Waals surface area contributed by atoms with Gasteiger partial charge in [0.1, 0.15) is 0 Å². The van der Waals surface area contributed by atoms with E-state index in [1.807, 2.05) is 18.3 Å². The van der Waals surface area contributed by atoms with Crippen molar-refractivity contribution >= 4 is 38.9 Å². The molecule has 0 spiro atoms. The summed E-state index contributed by atoms with van der Waals surface area (Å²) in [7, 11) is 0. The molecule has 3 heterocycles. The van der Waals surface area contributed by atoms with Crippen LogP contribution in [0.5, 0.6) is 0 Å². The molecule has 1 aliphatic rings. The molecule has 0 radical (unpaired) electrons. The Bertz CT molecular complexity index is 1410. The minimum Gasteiger partial charge on any atom is -0.351 e. The summed E-state index contributed by atoms with van der Waals surface area (Å²) in [4.78, 5) is 6.97. The number of nitrogens with one attached hydrogen (secondary N) is 1. The van der Waals surface area contributed by atoms with E-state index in [0.717, 1.165) is 15.9 Å². The maximum Gasteiger partial charge on any atom is 0.174 e. The van der Waals surface area contributed by atoms with Crippen molar-refractivity contribution in [2.45, 2.75) is 46.7 Å². The summed E-state index contributed by atoms with van der Waals surface area (Å²) in [6.07, 6.45) is 1.85. The number of pyridine rings is 1. The Morgan fingerprint density at radius 3 is 2.29 bits per heavy atom. The molecule has 0 unspecified atom stereocenters. The smallest absolute Gasteiger partial charge is 0.174 e. The largest absolute Gasteiger partial charge is 0.351 e. The van der Waals surface area contributed by atoms with Gasteiger partial charge in [0.2, 0.25) is 0 Å². The molecule has 2 aromatic heterocycles. The molecule has 0 saturated carbocycles. The van der Waals surface area contributed by atoms with E-state index < -0.39 is 0 Å². The maximum atomic E-state index is 5.94. The van der Waals surface area contributed by atoms with Crippen molar-refractivity contribution in [3.63, 3.8) is 0 Å². The van der Waals surface area contributed by atoms with Gasteiger partial charge in [-0.3, -0.25) is 4.98 Å². The molecule has 0 amide bonds. The normalized spacial score (nSPS) is 17.7. The summed E-state index contributed by atoms with van der Waals surface area (Å²) in [5.41, 5.74) is 10.7. The van der Waals surface area contributed by atoms with Crippen molar-refractivity contribution in [1.82, 2.24) is 14.9 Å². The summed E-state index contributed by atoms with van der Waals surface area (Å²) in [6.45, 7) is 10.9. The first-order valence-electron chi connectivity index (χ1n) is 11.8. The van der Waals surface area contributed by atoms with Crippen LogP contribution in [0.25, 0.3) is 5.69 Å². The summed E-state index contributed by atoms with van der Waals surface area (Å²) >= 11 is 9.58. The van der Waals surface area contributed by atoms with E-state index in [9.17, 15) is 0 Å². The zero-order valence-corrected chi connectivity index (χ0v) is 23.0. The lowest BCUT2D eigenvalue weighted by molar-refractivity contribution is 0.565. The Hall–Kier alpha value is -2.96. The van der Waals surface area contributed by atoms with Crippen LogP contribution in [-0.4, -0.2) is 14.7 Å². The Morgan fingerprint density at radius 2 is 1.63 bits per heavy atom. The van der Waals surface area contributed by atoms with E-state index in [2.05, 4.69) is 114 Å². The number of aromatic nitrogens is 2. The fraction of sp³-hybridized carbons (Fsp3) is 0.241. The van der Waals surface area contributed by atoms with Crippen LogP contribution in [0.3, 0.4) is 0 Å². The number of rotatable bonds is 4. The van der Waals surface area contributed by atoms with Gasteiger partial charge in [-0.15, -0.1) is 0 Å². The van der Waals surface area contributed by atoms with Crippen LogP contribution in [0, 0.1) is 34.6 Å². The molecule has 178 valence electrons. The lowest BCUT2D eigenvalue weighted by Crippen LogP contribution is -2.29. The zero-order valence-electron chi connectivity index (χ0n) is 20.6. The number of thiocarbonyl (C=S) groups is 1. The molecule has 6 heteroatoms. The van der Waals surface area contributed by atoms with Gasteiger partial charge in [-0.2, -0.15) is 0 Å². The molecule has 1 N–H and O–H groups in total. The van der Waals surface area contributed by atoms with Gasteiger partial charge in [0.05, 0.1) is 23.5 Å². The van der Waals surface area contributed by atoms with Gasteiger partial charge >= 0.3 is 0 Å². The molecule has 2 atom stereocenters. The van der Waals surface area contributed by atoms with Crippen LogP contribution in [-0.2, 0) is 0 Å². The van der Waals surface area contributed by atoms with E-state index in [-0.39, 0.29) is 12.1 Å². The Morgan fingerprint density at radius 1 is 0.886 bits per heavy atom. The molecule has 35 heavy (non-hydrogen) atoms. The lowest BCUT2D eigenvalue weighted by atomic mass is 9.96. The third-order valence-electron chi connectivity index (χ3n) is 6.97. The maximum absolute atomic E-state index is 5.94. The minimum absolute atomic E-state index is 0.0396. The van der Waals surface area contributed by atoms with Gasteiger partial charge < -0.3 is 14.8 Å². The summed E-state index contributed by atoms with van der Waals surface area (Å²) in [5, 5.41) is 4.31. The van der Waals surface area contributed by atoms with Gasteiger partial charge in [0.25, 0.3) is 0 Å². The predicted molar refractivity (Wildman–Crippen MR) is 152 cm³/mol. The number of benzene rings is 2. The average molecular weight is 546 g/mol. The molecule has 4 aromatic rings. The second-order valence-electron chi connectivity index (χ2n) is 9.33. The Labute approximate surface area is 221 Å². The second kappa shape index (κ2) is 9.25. The number of aryl methyl sites for hydroxylation is 4. The number of hydrogen-bond donors (Lipinski definition) is 1. The number of hydrogen-bond acceptors (Lipinski definition) is 2. The third-order valence-corrected chi connectivity index (χ3v) is 8.17. The van der Waals surface area contributed by atoms with Crippen LogP contribution >= 0.6 is 28.1 Å². The fourth-order valence-electron chi connectivity index (χ4n) is 5.32. The molecule has 0 aliphatic carbocycles. The minimum atomic E-state index is -0.0698. The topological polar surface area (TPSA) is 33.1 Å². The first-order chi connectivity index (χ1) is 16.8. The van der Waals surface area contributed by atoms with Crippen molar-refractivity contribution in [2.24, 2.45) is 0 Å². The number of anilines is 1. The molecule has 2 aromatic carbocycles. The molecular formula is C29H29BrN4S. The molecule has 1 aliphatic heterocycles. The highest BCUT2D eigenvalue weighted by Gasteiger charge is 2.42. The van der Waals surface area contributed by atoms with E-state index in [1.54, 1.807) is 0 Å². The van der Waals surface area contributed by atoms with Gasteiger partial charge in [0, 0.05) is 27.7 Å². The highest BCUT2D eigenvalue weighted by Crippen LogP contribution is 2.44. The average Bonchev–Trinajstić information content (AvgIpc) is 3.32. The first kappa shape index (κ1) is 23.8. The highest BCUT2D eigenvalue weighted by atomic mass is 79.9. The zero-order chi connectivity index (χ0) is 24.9. The van der Waals surface area contributed by atoms with Gasteiger partial charge in [-0.1, -0.05) is 40.2 Å². The number of halogens is 1. The highest BCUT2D eigenvalue weighted by molar-refractivity contribution is 9.10. The van der Waals surface area contributed by atoms with Gasteiger partial charge in [-0.25, -0.2) is 0 Å². The second-order valence-corrected chi connectivity index (χ2v) is 10.6. The Balaban J connectivity index is 1.72. The molecule has 5 rings (SSSR count). The predicted octanol–water partition coefficient (Wildman–Crippen LogP) is 7.35. The van der Waals surface area contributed by atoms with Crippen molar-refractivity contribution in [3.8, 4) is 5.69 Å². The van der Waals surface area contributed by atoms with Crippen molar-refractivity contribution < 1.29 is 0 Å². The fourth-order valence-corrected chi connectivity index (χ4v) is 5.91. The standard InChI is InChI=1S/C29H29BrN4S/c1-17-9-8-10-18(2)27(17)33-20(4)16-23(21(33)5)28-26(25-11-6-7-14-31-25)32-29(35)34(28)22-12-13-24(30)19(3)15-22/h6-16,26,28H,1-5H3,(H,32,35)/t26-,28+/m1/s1.